The van der Waals surface area contributed by atoms with Gasteiger partial charge in [0.1, 0.15) is 15.5 Å². The second-order valence-electron chi connectivity index (χ2n) is 5.38. The second kappa shape index (κ2) is 5.53. The number of hydrogen-bond donors (Lipinski definition) is 2. The van der Waals surface area contributed by atoms with Crippen LogP contribution < -0.4 is 5.73 Å². The first-order valence-electron chi connectivity index (χ1n) is 6.47. The maximum Gasteiger partial charge on any atom is 0.269 e. The molecular formula is C12H19N3O4S. The maximum atomic E-state index is 11.5. The summed E-state index contributed by atoms with van der Waals surface area (Å²) in [5, 5.41) is 13.6. The lowest BCUT2D eigenvalue weighted by molar-refractivity contribution is 0.0600. The van der Waals surface area contributed by atoms with Gasteiger partial charge in [0.05, 0.1) is 11.4 Å². The van der Waals surface area contributed by atoms with Crippen molar-refractivity contribution >= 4 is 15.7 Å². The monoisotopic (exact) mass is 301 g/mol. The van der Waals surface area contributed by atoms with Gasteiger partial charge in [0.25, 0.3) is 5.91 Å². The molecule has 0 radical (unpaired) electrons. The number of nitrogens with two attached hydrogens (primary N) is 1. The SMILES string of the molecule is CS(=O)(=O)[C@@H]1CC[C@@H](Cn2ccc(C(N)=O)n2)[C@H](O)C1. The molecule has 0 saturated heterocycles. The minimum atomic E-state index is -3.11. The summed E-state index contributed by atoms with van der Waals surface area (Å²) in [5.74, 6) is -0.654. The van der Waals surface area contributed by atoms with Crippen molar-refractivity contribution in [3.8, 4) is 0 Å². The molecule has 1 aliphatic carbocycles. The lowest BCUT2D eigenvalue weighted by atomic mass is 9.86. The van der Waals surface area contributed by atoms with Crippen LogP contribution in [0.3, 0.4) is 0 Å². The quantitative estimate of drug-likeness (QED) is 0.782. The van der Waals surface area contributed by atoms with Crippen LogP contribution in [0, 0.1) is 5.92 Å². The largest absolute Gasteiger partial charge is 0.393 e. The fourth-order valence-electron chi connectivity index (χ4n) is 2.61. The predicted octanol–water partition coefficient (Wildman–Crippen LogP) is -0.444. The zero-order chi connectivity index (χ0) is 14.9. The van der Waals surface area contributed by atoms with E-state index in [-0.39, 0.29) is 18.0 Å². The van der Waals surface area contributed by atoms with E-state index in [0.717, 1.165) is 0 Å². The Kier molecular flexibility index (Phi) is 4.14. The summed E-state index contributed by atoms with van der Waals surface area (Å²) in [6, 6.07) is 1.52. The van der Waals surface area contributed by atoms with E-state index < -0.39 is 27.1 Å². The molecule has 112 valence electrons. The number of aromatic nitrogens is 2. The molecule has 0 unspecified atom stereocenters. The highest BCUT2D eigenvalue weighted by atomic mass is 32.2. The van der Waals surface area contributed by atoms with Gasteiger partial charge < -0.3 is 10.8 Å². The molecular weight excluding hydrogens is 282 g/mol. The van der Waals surface area contributed by atoms with Gasteiger partial charge in [-0.15, -0.1) is 0 Å². The van der Waals surface area contributed by atoms with E-state index >= 15 is 0 Å². The third-order valence-electron chi connectivity index (χ3n) is 3.83. The predicted molar refractivity (Wildman–Crippen MR) is 72.7 cm³/mol. The molecule has 8 heteroatoms. The summed E-state index contributed by atoms with van der Waals surface area (Å²) in [7, 11) is -3.11. The number of carbonyl (C=O) groups is 1. The first kappa shape index (κ1) is 15.0. The normalized spacial score (nSPS) is 27.4. The van der Waals surface area contributed by atoms with Gasteiger partial charge in [-0.3, -0.25) is 9.48 Å². The third kappa shape index (κ3) is 3.37. The molecule has 0 aliphatic heterocycles. The Labute approximate surface area is 117 Å². The third-order valence-corrected chi connectivity index (χ3v) is 5.47. The Morgan fingerprint density at radius 3 is 2.75 bits per heavy atom. The van der Waals surface area contributed by atoms with E-state index in [1.165, 1.54) is 12.3 Å². The van der Waals surface area contributed by atoms with Gasteiger partial charge in [0.2, 0.25) is 0 Å². The van der Waals surface area contributed by atoms with Gasteiger partial charge in [-0.1, -0.05) is 0 Å². The molecule has 7 nitrogen and oxygen atoms in total. The van der Waals surface area contributed by atoms with E-state index in [0.29, 0.717) is 19.4 Å². The average molecular weight is 301 g/mol. The van der Waals surface area contributed by atoms with Crippen molar-refractivity contribution in [3.63, 3.8) is 0 Å². The number of carbonyl (C=O) groups excluding carboxylic acids is 1. The number of hydrogen-bond acceptors (Lipinski definition) is 5. The van der Waals surface area contributed by atoms with Gasteiger partial charge in [-0.2, -0.15) is 5.10 Å². The van der Waals surface area contributed by atoms with Gasteiger partial charge in [0, 0.05) is 24.9 Å². The van der Waals surface area contributed by atoms with Crippen LogP contribution in [-0.4, -0.2) is 46.8 Å². The number of aliphatic hydroxyl groups is 1. The highest BCUT2D eigenvalue weighted by Gasteiger charge is 2.34. The maximum absolute atomic E-state index is 11.5. The molecule has 1 saturated carbocycles. The molecule has 1 aromatic rings. The fraction of sp³-hybridized carbons (Fsp3) is 0.667. The van der Waals surface area contributed by atoms with Gasteiger partial charge in [-0.25, -0.2) is 8.42 Å². The van der Waals surface area contributed by atoms with Crippen molar-refractivity contribution in [2.75, 3.05) is 6.26 Å². The first-order valence-corrected chi connectivity index (χ1v) is 8.43. The number of sulfone groups is 1. The molecule has 2 rings (SSSR count). The van der Waals surface area contributed by atoms with Crippen LogP contribution in [0.15, 0.2) is 12.3 Å². The standard InChI is InChI=1S/C12H19N3O4S/c1-20(18,19)9-3-2-8(11(16)6-9)7-15-5-4-10(14-15)12(13)17/h4-5,8-9,11,16H,2-3,6-7H2,1H3,(H2,13,17)/t8-,9+,11+/m0/s1. The summed E-state index contributed by atoms with van der Waals surface area (Å²) in [5.41, 5.74) is 5.31. The molecule has 3 atom stereocenters. The van der Waals surface area contributed by atoms with Gasteiger partial charge in [-0.05, 0) is 25.3 Å². The Hall–Kier alpha value is -1.41. The van der Waals surface area contributed by atoms with Crippen molar-refractivity contribution in [2.24, 2.45) is 11.7 Å². The molecule has 1 fully saturated rings. The Morgan fingerprint density at radius 1 is 1.55 bits per heavy atom. The zero-order valence-electron chi connectivity index (χ0n) is 11.3. The van der Waals surface area contributed by atoms with E-state index in [1.807, 2.05) is 0 Å². The topological polar surface area (TPSA) is 115 Å². The van der Waals surface area contributed by atoms with Crippen LogP contribution in [0.2, 0.25) is 0 Å². The van der Waals surface area contributed by atoms with Crippen LogP contribution in [-0.2, 0) is 16.4 Å². The van der Waals surface area contributed by atoms with Crippen LogP contribution in [0.1, 0.15) is 29.8 Å². The van der Waals surface area contributed by atoms with E-state index in [1.54, 1.807) is 10.9 Å². The summed E-state index contributed by atoms with van der Waals surface area (Å²) in [4.78, 5) is 11.0. The lowest BCUT2D eigenvalue weighted by Crippen LogP contribution is -2.37. The zero-order valence-corrected chi connectivity index (χ0v) is 12.1. The van der Waals surface area contributed by atoms with Crippen LogP contribution in [0.4, 0.5) is 0 Å². The van der Waals surface area contributed by atoms with Crippen LogP contribution in [0.5, 0.6) is 0 Å². The summed E-state index contributed by atoms with van der Waals surface area (Å²) in [6.45, 7) is 0.449. The van der Waals surface area contributed by atoms with Crippen molar-refractivity contribution < 1.29 is 18.3 Å². The Morgan fingerprint density at radius 2 is 2.25 bits per heavy atom. The molecule has 1 amide bonds. The minimum absolute atomic E-state index is 0.0615. The first-order chi connectivity index (χ1) is 9.27. The molecule has 0 spiro atoms. The average Bonchev–Trinajstić information content (AvgIpc) is 2.79. The Balaban J connectivity index is 1.99. The van der Waals surface area contributed by atoms with Crippen LogP contribution >= 0.6 is 0 Å². The second-order valence-corrected chi connectivity index (χ2v) is 7.71. The minimum Gasteiger partial charge on any atom is -0.393 e. The fourth-order valence-corrected chi connectivity index (χ4v) is 3.72. The molecule has 0 aromatic carbocycles. The van der Waals surface area contributed by atoms with Crippen molar-refractivity contribution in [2.45, 2.75) is 37.2 Å². The van der Waals surface area contributed by atoms with Crippen molar-refractivity contribution in [3.05, 3.63) is 18.0 Å². The summed E-state index contributed by atoms with van der Waals surface area (Å²) in [6.07, 6.45) is 3.58. The highest BCUT2D eigenvalue weighted by molar-refractivity contribution is 7.91. The number of primary amides is 1. The summed E-state index contributed by atoms with van der Waals surface area (Å²) < 4.78 is 24.6. The lowest BCUT2D eigenvalue weighted by Gasteiger charge is -2.32. The van der Waals surface area contributed by atoms with Crippen molar-refractivity contribution in [1.29, 1.82) is 0 Å². The van der Waals surface area contributed by atoms with E-state index in [9.17, 15) is 18.3 Å². The Bertz CT molecular complexity index is 596. The van der Waals surface area contributed by atoms with E-state index in [4.69, 9.17) is 5.73 Å². The van der Waals surface area contributed by atoms with E-state index in [2.05, 4.69) is 5.10 Å². The molecule has 1 aliphatic rings. The number of nitrogens with zero attached hydrogens (tertiary/aromatic N) is 2. The number of aliphatic hydroxyl groups excluding tert-OH is 1. The molecule has 3 N–H and O–H groups in total. The molecule has 0 bridgehead atoms. The molecule has 1 heterocycles. The molecule has 1 aromatic heterocycles. The van der Waals surface area contributed by atoms with Gasteiger partial charge >= 0.3 is 0 Å². The number of rotatable bonds is 4. The summed E-state index contributed by atoms with van der Waals surface area (Å²) >= 11 is 0. The highest BCUT2D eigenvalue weighted by Crippen LogP contribution is 2.29. The van der Waals surface area contributed by atoms with Gasteiger partial charge in [0.15, 0.2) is 0 Å². The van der Waals surface area contributed by atoms with Crippen LogP contribution in [0.25, 0.3) is 0 Å². The molecule has 20 heavy (non-hydrogen) atoms. The number of amides is 1. The smallest absolute Gasteiger partial charge is 0.269 e. The van der Waals surface area contributed by atoms with Crippen molar-refractivity contribution in [1.82, 2.24) is 9.78 Å².